The Morgan fingerprint density at radius 3 is 1.94 bits per heavy atom. The highest BCUT2D eigenvalue weighted by molar-refractivity contribution is 5.85. The molecule has 1 amide bonds. The summed E-state index contributed by atoms with van der Waals surface area (Å²) >= 11 is 0. The maximum Gasteiger partial charge on any atom is 0.242 e. The highest BCUT2D eigenvalue weighted by Crippen LogP contribution is 2.29. The second-order valence-corrected chi connectivity index (χ2v) is 7.58. The molecule has 0 aromatic carbocycles. The number of piperazine rings is 1. The van der Waals surface area contributed by atoms with Gasteiger partial charge < -0.3 is 10.6 Å². The highest BCUT2D eigenvalue weighted by Gasteiger charge is 2.42. The SMILES string of the molecule is CC(C)(N)C(=O)N1CCN(C(C)(C)C)C(C)(C)C1. The Balaban J connectivity index is 2.84. The highest BCUT2D eigenvalue weighted by atomic mass is 16.2. The topological polar surface area (TPSA) is 49.6 Å². The van der Waals surface area contributed by atoms with E-state index >= 15 is 0 Å². The van der Waals surface area contributed by atoms with Gasteiger partial charge in [-0.3, -0.25) is 9.69 Å². The van der Waals surface area contributed by atoms with Crippen molar-refractivity contribution in [2.45, 2.75) is 65.1 Å². The van der Waals surface area contributed by atoms with Gasteiger partial charge in [-0.15, -0.1) is 0 Å². The molecule has 0 saturated carbocycles. The van der Waals surface area contributed by atoms with Crippen molar-refractivity contribution in [1.29, 1.82) is 0 Å². The molecule has 4 heteroatoms. The lowest BCUT2D eigenvalue weighted by Gasteiger charge is -2.53. The molecule has 0 radical (unpaired) electrons. The number of nitrogens with two attached hydrogens (primary N) is 1. The molecule has 106 valence electrons. The third-order valence-corrected chi connectivity index (χ3v) is 3.55. The first-order valence-electron chi connectivity index (χ1n) is 6.72. The lowest BCUT2D eigenvalue weighted by atomic mass is 9.90. The van der Waals surface area contributed by atoms with Crippen LogP contribution in [0.2, 0.25) is 0 Å². The van der Waals surface area contributed by atoms with Crippen LogP contribution in [0.5, 0.6) is 0 Å². The fourth-order valence-electron chi connectivity index (χ4n) is 2.98. The van der Waals surface area contributed by atoms with Gasteiger partial charge in [0.15, 0.2) is 0 Å². The van der Waals surface area contributed by atoms with Gasteiger partial charge in [0.25, 0.3) is 0 Å². The van der Waals surface area contributed by atoms with Crippen molar-refractivity contribution in [2.75, 3.05) is 19.6 Å². The van der Waals surface area contributed by atoms with E-state index in [2.05, 4.69) is 39.5 Å². The van der Waals surface area contributed by atoms with E-state index in [0.29, 0.717) is 0 Å². The Morgan fingerprint density at radius 2 is 1.61 bits per heavy atom. The van der Waals surface area contributed by atoms with Crippen molar-refractivity contribution in [3.8, 4) is 0 Å². The Kier molecular flexibility index (Phi) is 3.86. The van der Waals surface area contributed by atoms with E-state index < -0.39 is 5.54 Å². The average molecular weight is 255 g/mol. The molecule has 0 unspecified atom stereocenters. The molecule has 0 aromatic heterocycles. The fraction of sp³-hybridized carbons (Fsp3) is 0.929. The van der Waals surface area contributed by atoms with Gasteiger partial charge in [0.2, 0.25) is 5.91 Å². The predicted molar refractivity (Wildman–Crippen MR) is 75.4 cm³/mol. The summed E-state index contributed by atoms with van der Waals surface area (Å²) < 4.78 is 0. The van der Waals surface area contributed by atoms with Gasteiger partial charge in [-0.2, -0.15) is 0 Å². The molecule has 0 aliphatic carbocycles. The van der Waals surface area contributed by atoms with Crippen LogP contribution in [0.15, 0.2) is 0 Å². The molecule has 1 aliphatic heterocycles. The van der Waals surface area contributed by atoms with E-state index in [1.165, 1.54) is 0 Å². The van der Waals surface area contributed by atoms with Crippen LogP contribution in [0.3, 0.4) is 0 Å². The number of carbonyl (C=O) groups excluding carboxylic acids is 1. The lowest BCUT2D eigenvalue weighted by Crippen LogP contribution is -2.67. The summed E-state index contributed by atoms with van der Waals surface area (Å²) in [4.78, 5) is 16.6. The Morgan fingerprint density at radius 1 is 1.11 bits per heavy atom. The van der Waals surface area contributed by atoms with Gasteiger partial charge >= 0.3 is 0 Å². The smallest absolute Gasteiger partial charge is 0.242 e. The first kappa shape index (κ1) is 15.4. The maximum absolute atomic E-state index is 12.2. The Bertz CT molecular complexity index is 323. The first-order valence-corrected chi connectivity index (χ1v) is 6.72. The molecule has 4 nitrogen and oxygen atoms in total. The fourth-order valence-corrected chi connectivity index (χ4v) is 2.98. The third-order valence-electron chi connectivity index (χ3n) is 3.55. The van der Waals surface area contributed by atoms with Crippen LogP contribution in [-0.2, 0) is 4.79 Å². The van der Waals surface area contributed by atoms with Crippen molar-refractivity contribution in [2.24, 2.45) is 5.73 Å². The van der Waals surface area contributed by atoms with Crippen LogP contribution >= 0.6 is 0 Å². The van der Waals surface area contributed by atoms with Crippen molar-refractivity contribution in [1.82, 2.24) is 9.80 Å². The molecule has 2 N–H and O–H groups in total. The van der Waals surface area contributed by atoms with Gasteiger partial charge in [-0.05, 0) is 48.5 Å². The zero-order valence-electron chi connectivity index (χ0n) is 13.0. The molecule has 1 heterocycles. The summed E-state index contributed by atoms with van der Waals surface area (Å²) in [6.07, 6.45) is 0. The number of hydrogen-bond acceptors (Lipinski definition) is 3. The number of carbonyl (C=O) groups is 1. The van der Waals surface area contributed by atoms with Gasteiger partial charge in [0.1, 0.15) is 0 Å². The van der Waals surface area contributed by atoms with E-state index in [1.807, 2.05) is 4.90 Å². The van der Waals surface area contributed by atoms with Gasteiger partial charge in [0.05, 0.1) is 5.54 Å². The monoisotopic (exact) mass is 255 g/mol. The molecule has 1 saturated heterocycles. The van der Waals surface area contributed by atoms with Crippen molar-refractivity contribution >= 4 is 5.91 Å². The van der Waals surface area contributed by atoms with Crippen molar-refractivity contribution in [3.63, 3.8) is 0 Å². The summed E-state index contributed by atoms with van der Waals surface area (Å²) in [6.45, 7) is 17.0. The molecule has 0 bridgehead atoms. The van der Waals surface area contributed by atoms with Gasteiger partial charge in [-0.1, -0.05) is 0 Å². The Labute approximate surface area is 111 Å². The second kappa shape index (κ2) is 4.49. The summed E-state index contributed by atoms with van der Waals surface area (Å²) in [6, 6.07) is 0. The van der Waals surface area contributed by atoms with E-state index in [1.54, 1.807) is 13.8 Å². The van der Waals surface area contributed by atoms with Crippen LogP contribution in [-0.4, -0.2) is 52.0 Å². The van der Waals surface area contributed by atoms with E-state index in [9.17, 15) is 4.79 Å². The molecule has 0 spiro atoms. The average Bonchev–Trinajstić information content (AvgIpc) is 2.11. The molecule has 0 atom stereocenters. The van der Waals surface area contributed by atoms with Gasteiger partial charge in [0, 0.05) is 30.7 Å². The zero-order chi connectivity index (χ0) is 14.4. The molecular formula is C14H29N3O. The van der Waals surface area contributed by atoms with Crippen LogP contribution in [0, 0.1) is 0 Å². The normalized spacial score (nSPS) is 22.1. The summed E-state index contributed by atoms with van der Waals surface area (Å²) in [5.74, 6) is 0.0455. The molecular weight excluding hydrogens is 226 g/mol. The Hall–Kier alpha value is -0.610. The lowest BCUT2D eigenvalue weighted by molar-refractivity contribution is -0.143. The molecule has 18 heavy (non-hydrogen) atoms. The molecule has 1 aliphatic rings. The van der Waals surface area contributed by atoms with Crippen LogP contribution < -0.4 is 5.73 Å². The minimum absolute atomic E-state index is 0.0165. The van der Waals surface area contributed by atoms with E-state index in [0.717, 1.165) is 19.6 Å². The zero-order valence-corrected chi connectivity index (χ0v) is 13.0. The largest absolute Gasteiger partial charge is 0.338 e. The summed E-state index contributed by atoms with van der Waals surface area (Å²) in [5.41, 5.74) is 5.24. The number of hydrogen-bond donors (Lipinski definition) is 1. The second-order valence-electron chi connectivity index (χ2n) is 7.58. The third kappa shape index (κ3) is 3.23. The molecule has 0 aromatic rings. The minimum Gasteiger partial charge on any atom is -0.338 e. The van der Waals surface area contributed by atoms with Crippen molar-refractivity contribution in [3.05, 3.63) is 0 Å². The van der Waals surface area contributed by atoms with Gasteiger partial charge in [-0.25, -0.2) is 0 Å². The standard InChI is InChI=1S/C14H29N3O/c1-12(2,3)17-9-8-16(10-13(17,4)5)11(18)14(6,7)15/h8-10,15H2,1-7H3. The van der Waals surface area contributed by atoms with E-state index in [-0.39, 0.29) is 17.0 Å². The van der Waals surface area contributed by atoms with E-state index in [4.69, 9.17) is 5.73 Å². The molecule has 1 fully saturated rings. The minimum atomic E-state index is -0.778. The molecule has 1 rings (SSSR count). The number of rotatable bonds is 1. The number of amides is 1. The first-order chi connectivity index (χ1) is 7.86. The predicted octanol–water partition coefficient (Wildman–Crippen LogP) is 1.45. The number of nitrogens with zero attached hydrogens (tertiary/aromatic N) is 2. The van der Waals surface area contributed by atoms with Crippen LogP contribution in [0.1, 0.15) is 48.5 Å². The van der Waals surface area contributed by atoms with Crippen LogP contribution in [0.25, 0.3) is 0 Å². The van der Waals surface area contributed by atoms with Crippen LogP contribution in [0.4, 0.5) is 0 Å². The maximum atomic E-state index is 12.2. The summed E-state index contributed by atoms with van der Waals surface area (Å²) in [7, 11) is 0. The van der Waals surface area contributed by atoms with Crippen molar-refractivity contribution < 1.29 is 4.79 Å². The quantitative estimate of drug-likeness (QED) is 0.771. The summed E-state index contributed by atoms with van der Waals surface area (Å²) in [5, 5.41) is 0.